The summed E-state index contributed by atoms with van der Waals surface area (Å²) in [6.07, 6.45) is 1.77. The predicted molar refractivity (Wildman–Crippen MR) is 133 cm³/mol. The van der Waals surface area contributed by atoms with E-state index in [-0.39, 0.29) is 5.78 Å². The summed E-state index contributed by atoms with van der Waals surface area (Å²) in [6, 6.07) is 15.5. The van der Waals surface area contributed by atoms with E-state index in [1.54, 1.807) is 20.3 Å². The Morgan fingerprint density at radius 1 is 1.06 bits per heavy atom. The number of allylic oxidation sites excluding steroid dienone is 1. The van der Waals surface area contributed by atoms with Gasteiger partial charge in [-0.25, -0.2) is 0 Å². The molecule has 0 spiro atoms. The molecule has 0 aliphatic carbocycles. The Kier molecular flexibility index (Phi) is 6.06. The van der Waals surface area contributed by atoms with Crippen LogP contribution in [-0.4, -0.2) is 31.6 Å². The van der Waals surface area contributed by atoms with Gasteiger partial charge in [0.15, 0.2) is 17.3 Å². The van der Waals surface area contributed by atoms with Gasteiger partial charge < -0.3 is 18.9 Å². The summed E-state index contributed by atoms with van der Waals surface area (Å²) in [4.78, 5) is 15.3. The molecule has 6 nitrogen and oxygen atoms in total. The van der Waals surface area contributed by atoms with E-state index in [9.17, 15) is 4.79 Å². The molecular formula is C27H24BrNO5. The molecule has 0 radical (unpaired) electrons. The van der Waals surface area contributed by atoms with Gasteiger partial charge in [0.2, 0.25) is 5.78 Å². The van der Waals surface area contributed by atoms with Crippen molar-refractivity contribution in [2.45, 2.75) is 20.0 Å². The molecule has 0 atom stereocenters. The molecule has 34 heavy (non-hydrogen) atoms. The summed E-state index contributed by atoms with van der Waals surface area (Å²) in [5.74, 6) is 2.96. The van der Waals surface area contributed by atoms with E-state index in [2.05, 4.69) is 20.8 Å². The maximum Gasteiger partial charge on any atom is 0.231 e. The number of methoxy groups -OCH3 is 2. The van der Waals surface area contributed by atoms with Crippen LogP contribution in [0.25, 0.3) is 6.08 Å². The van der Waals surface area contributed by atoms with Gasteiger partial charge in [0.25, 0.3) is 0 Å². The first-order valence-electron chi connectivity index (χ1n) is 10.9. The van der Waals surface area contributed by atoms with Crippen LogP contribution in [0.3, 0.4) is 0 Å². The Labute approximate surface area is 206 Å². The average Bonchev–Trinajstić information content (AvgIpc) is 3.16. The molecule has 5 rings (SSSR count). The highest BCUT2D eigenvalue weighted by atomic mass is 79.9. The van der Waals surface area contributed by atoms with Gasteiger partial charge in [0, 0.05) is 28.7 Å². The van der Waals surface area contributed by atoms with Crippen molar-refractivity contribution in [1.29, 1.82) is 0 Å². The standard InChI is InChI=1S/C27H24BrNO5/c1-16-26-19(14-29(15-33-26)13-17-8-9-22(31-2)23(10-17)32-3)11-20-25(30)24(34-27(16)20)12-18-6-4-5-7-21(18)28/h4-12H,13-15H2,1-3H3/b24-12-. The maximum atomic E-state index is 13.2. The fourth-order valence-corrected chi connectivity index (χ4v) is 4.77. The monoisotopic (exact) mass is 521 g/mol. The second kappa shape index (κ2) is 9.16. The van der Waals surface area contributed by atoms with Gasteiger partial charge in [-0.3, -0.25) is 9.69 Å². The van der Waals surface area contributed by atoms with Crippen LogP contribution >= 0.6 is 15.9 Å². The van der Waals surface area contributed by atoms with Crippen LogP contribution in [0.5, 0.6) is 23.0 Å². The SMILES string of the molecule is COc1ccc(CN2COc3c(cc4c(c3C)O/C(=C\c3ccccc3Br)C4=O)C2)cc1OC. The average molecular weight is 522 g/mol. The molecule has 3 aromatic carbocycles. The zero-order chi connectivity index (χ0) is 23.8. The van der Waals surface area contributed by atoms with Crippen molar-refractivity contribution >= 4 is 27.8 Å². The Hall–Kier alpha value is -3.29. The zero-order valence-corrected chi connectivity index (χ0v) is 20.8. The minimum absolute atomic E-state index is 0.117. The number of fused-ring (bicyclic) bond motifs is 2. The highest BCUT2D eigenvalue weighted by molar-refractivity contribution is 9.10. The number of hydrogen-bond donors (Lipinski definition) is 0. The van der Waals surface area contributed by atoms with E-state index < -0.39 is 0 Å². The van der Waals surface area contributed by atoms with Gasteiger partial charge in [0.05, 0.1) is 19.8 Å². The van der Waals surface area contributed by atoms with Crippen LogP contribution < -0.4 is 18.9 Å². The number of carbonyl (C=O) groups is 1. The lowest BCUT2D eigenvalue weighted by molar-refractivity contribution is 0.0876. The number of carbonyl (C=O) groups excluding carboxylic acids is 1. The molecule has 174 valence electrons. The van der Waals surface area contributed by atoms with Crippen LogP contribution in [0.15, 0.2) is 58.8 Å². The third-order valence-electron chi connectivity index (χ3n) is 6.05. The Morgan fingerprint density at radius 3 is 2.62 bits per heavy atom. The summed E-state index contributed by atoms with van der Waals surface area (Å²) >= 11 is 3.53. The molecule has 0 saturated carbocycles. The second-order valence-corrected chi connectivity index (χ2v) is 9.13. The first-order chi connectivity index (χ1) is 16.5. The molecule has 0 saturated heterocycles. The van der Waals surface area contributed by atoms with Gasteiger partial charge in [-0.15, -0.1) is 0 Å². The molecule has 0 aromatic heterocycles. The molecule has 2 aliphatic heterocycles. The van der Waals surface area contributed by atoms with Crippen molar-refractivity contribution in [1.82, 2.24) is 4.90 Å². The number of rotatable bonds is 5. The molecule has 0 fully saturated rings. The number of nitrogens with zero attached hydrogens (tertiary/aromatic N) is 1. The Bertz CT molecular complexity index is 1320. The van der Waals surface area contributed by atoms with Gasteiger partial charge in [-0.05, 0) is 48.4 Å². The van der Waals surface area contributed by atoms with Crippen LogP contribution in [0.4, 0.5) is 0 Å². The van der Waals surface area contributed by atoms with Crippen molar-refractivity contribution < 1.29 is 23.7 Å². The smallest absolute Gasteiger partial charge is 0.231 e. The minimum atomic E-state index is -0.117. The van der Waals surface area contributed by atoms with E-state index in [1.165, 1.54) is 0 Å². The number of Topliss-reactive ketones (excluding diaryl/α,β-unsaturated/α-hetero) is 1. The fourth-order valence-electron chi connectivity index (χ4n) is 4.37. The minimum Gasteiger partial charge on any atom is -0.493 e. The lowest BCUT2D eigenvalue weighted by Crippen LogP contribution is -2.32. The van der Waals surface area contributed by atoms with Crippen molar-refractivity contribution in [2.24, 2.45) is 0 Å². The van der Waals surface area contributed by atoms with E-state index in [0.29, 0.717) is 48.4 Å². The molecule has 2 aliphatic rings. The number of ether oxygens (including phenoxy) is 4. The van der Waals surface area contributed by atoms with Crippen LogP contribution in [-0.2, 0) is 13.1 Å². The summed E-state index contributed by atoms with van der Waals surface area (Å²) in [5.41, 5.74) is 4.37. The first kappa shape index (κ1) is 22.5. The Morgan fingerprint density at radius 2 is 1.85 bits per heavy atom. The molecule has 2 heterocycles. The topological polar surface area (TPSA) is 57.2 Å². The van der Waals surface area contributed by atoms with E-state index >= 15 is 0 Å². The number of ketones is 1. The second-order valence-electron chi connectivity index (χ2n) is 8.28. The number of halogens is 1. The van der Waals surface area contributed by atoms with E-state index in [4.69, 9.17) is 18.9 Å². The maximum absolute atomic E-state index is 13.2. The normalized spacial score (nSPS) is 16.0. The summed E-state index contributed by atoms with van der Waals surface area (Å²) < 4.78 is 23.8. The van der Waals surface area contributed by atoms with Gasteiger partial charge in [-0.2, -0.15) is 0 Å². The number of hydrogen-bond acceptors (Lipinski definition) is 6. The lowest BCUT2D eigenvalue weighted by Gasteiger charge is -2.30. The van der Waals surface area contributed by atoms with Crippen molar-refractivity contribution in [3.8, 4) is 23.0 Å². The Balaban J connectivity index is 1.40. The molecule has 0 amide bonds. The molecular weight excluding hydrogens is 498 g/mol. The quantitative estimate of drug-likeness (QED) is 0.399. The van der Waals surface area contributed by atoms with E-state index in [1.807, 2.05) is 55.5 Å². The molecule has 3 aromatic rings. The van der Waals surface area contributed by atoms with E-state index in [0.717, 1.165) is 32.5 Å². The van der Waals surface area contributed by atoms with Crippen molar-refractivity contribution in [3.05, 3.63) is 86.6 Å². The third kappa shape index (κ3) is 4.06. The third-order valence-corrected chi connectivity index (χ3v) is 6.77. The summed E-state index contributed by atoms with van der Waals surface area (Å²) in [5, 5.41) is 0. The molecule has 0 unspecified atom stereocenters. The van der Waals surface area contributed by atoms with Gasteiger partial charge in [0.1, 0.15) is 18.2 Å². The highest BCUT2D eigenvalue weighted by Crippen LogP contribution is 2.43. The van der Waals surface area contributed by atoms with Crippen molar-refractivity contribution in [2.75, 3.05) is 21.0 Å². The largest absolute Gasteiger partial charge is 0.493 e. The molecule has 0 bridgehead atoms. The zero-order valence-electron chi connectivity index (χ0n) is 19.2. The fraction of sp³-hybridized carbons (Fsp3) is 0.222. The summed E-state index contributed by atoms with van der Waals surface area (Å²) in [7, 11) is 3.25. The lowest BCUT2D eigenvalue weighted by atomic mass is 10.00. The van der Waals surface area contributed by atoms with Gasteiger partial charge >= 0.3 is 0 Å². The predicted octanol–water partition coefficient (Wildman–Crippen LogP) is 5.74. The molecule has 0 N–H and O–H groups in total. The van der Waals surface area contributed by atoms with Crippen LogP contribution in [0.2, 0.25) is 0 Å². The summed E-state index contributed by atoms with van der Waals surface area (Å²) in [6.45, 7) is 3.72. The highest BCUT2D eigenvalue weighted by Gasteiger charge is 2.33. The first-order valence-corrected chi connectivity index (χ1v) is 11.7. The number of benzene rings is 3. The van der Waals surface area contributed by atoms with Crippen molar-refractivity contribution in [3.63, 3.8) is 0 Å². The van der Waals surface area contributed by atoms with Crippen LogP contribution in [0, 0.1) is 6.92 Å². The molecule has 7 heteroatoms. The van der Waals surface area contributed by atoms with Crippen LogP contribution in [0.1, 0.15) is 32.6 Å². The van der Waals surface area contributed by atoms with Gasteiger partial charge in [-0.1, -0.05) is 40.2 Å².